The first-order chi connectivity index (χ1) is 5.11. The second-order valence-corrected chi connectivity index (χ2v) is 2.01. The molecule has 0 saturated carbocycles. The molecular formula is C7H7NaO4. The third kappa shape index (κ3) is 2.41. The minimum absolute atomic E-state index is 0. The Morgan fingerprint density at radius 3 is 2.17 bits per heavy atom. The van der Waals surface area contributed by atoms with Crippen LogP contribution in [0.4, 0.5) is 0 Å². The SMILES string of the molecule is O=C(O)c1ccc(O)c(O)c1.[NaH]. The van der Waals surface area contributed by atoms with E-state index in [0.29, 0.717) is 0 Å². The number of aromatic hydroxyl groups is 2. The number of aromatic carboxylic acids is 1. The van der Waals surface area contributed by atoms with Crippen LogP contribution in [0.5, 0.6) is 11.5 Å². The molecule has 4 nitrogen and oxygen atoms in total. The van der Waals surface area contributed by atoms with Gasteiger partial charge in [0.05, 0.1) is 5.56 Å². The molecule has 0 radical (unpaired) electrons. The summed E-state index contributed by atoms with van der Waals surface area (Å²) in [7, 11) is 0. The number of benzene rings is 1. The Morgan fingerprint density at radius 2 is 1.75 bits per heavy atom. The Bertz CT molecular complexity index is 297. The summed E-state index contributed by atoms with van der Waals surface area (Å²) in [6.45, 7) is 0. The fraction of sp³-hybridized carbons (Fsp3) is 0. The average molecular weight is 178 g/mol. The number of hydrogen-bond donors (Lipinski definition) is 3. The molecular weight excluding hydrogens is 171 g/mol. The third-order valence-corrected chi connectivity index (χ3v) is 1.22. The first-order valence-corrected chi connectivity index (χ1v) is 2.86. The summed E-state index contributed by atoms with van der Waals surface area (Å²) in [5.74, 6) is -1.89. The van der Waals surface area contributed by atoms with Gasteiger partial charge in [-0.2, -0.15) is 0 Å². The minimum atomic E-state index is -1.14. The Balaban J connectivity index is 0.00000121. The average Bonchev–Trinajstić information content (AvgIpc) is 1.94. The van der Waals surface area contributed by atoms with E-state index < -0.39 is 11.7 Å². The van der Waals surface area contributed by atoms with Crippen molar-refractivity contribution < 1.29 is 20.1 Å². The van der Waals surface area contributed by atoms with Crippen molar-refractivity contribution in [1.82, 2.24) is 0 Å². The van der Waals surface area contributed by atoms with E-state index in [4.69, 9.17) is 15.3 Å². The second kappa shape index (κ2) is 4.35. The monoisotopic (exact) mass is 178 g/mol. The Kier molecular flexibility index (Phi) is 4.09. The van der Waals surface area contributed by atoms with Gasteiger partial charge < -0.3 is 15.3 Å². The fourth-order valence-electron chi connectivity index (χ4n) is 0.656. The van der Waals surface area contributed by atoms with Gasteiger partial charge in [0, 0.05) is 0 Å². The predicted molar refractivity (Wildman–Crippen MR) is 43.9 cm³/mol. The van der Waals surface area contributed by atoms with Crippen LogP contribution in [0, 0.1) is 0 Å². The molecule has 0 aromatic heterocycles. The maximum absolute atomic E-state index is 10.3. The molecule has 0 saturated heterocycles. The normalized spacial score (nSPS) is 8.67. The molecule has 0 spiro atoms. The molecule has 1 aromatic carbocycles. The molecule has 0 amide bonds. The van der Waals surface area contributed by atoms with E-state index in [9.17, 15) is 4.79 Å². The summed E-state index contributed by atoms with van der Waals surface area (Å²) < 4.78 is 0. The Hall–Kier alpha value is -0.710. The summed E-state index contributed by atoms with van der Waals surface area (Å²) in [6, 6.07) is 3.31. The third-order valence-electron chi connectivity index (χ3n) is 1.22. The van der Waals surface area contributed by atoms with E-state index in [0.717, 1.165) is 12.1 Å². The van der Waals surface area contributed by atoms with Crippen LogP contribution in [0.25, 0.3) is 0 Å². The topological polar surface area (TPSA) is 77.8 Å². The van der Waals surface area contributed by atoms with Crippen LogP contribution < -0.4 is 0 Å². The van der Waals surface area contributed by atoms with Gasteiger partial charge in [-0.05, 0) is 18.2 Å². The van der Waals surface area contributed by atoms with E-state index in [1.807, 2.05) is 0 Å². The molecule has 0 heterocycles. The summed E-state index contributed by atoms with van der Waals surface area (Å²) in [5, 5.41) is 26.0. The van der Waals surface area contributed by atoms with Gasteiger partial charge in [0.2, 0.25) is 0 Å². The van der Waals surface area contributed by atoms with Gasteiger partial charge in [0.1, 0.15) is 0 Å². The summed E-state index contributed by atoms with van der Waals surface area (Å²) in [6.07, 6.45) is 0. The molecule has 3 N–H and O–H groups in total. The second-order valence-electron chi connectivity index (χ2n) is 2.01. The summed E-state index contributed by atoms with van der Waals surface area (Å²) >= 11 is 0. The van der Waals surface area contributed by atoms with Crippen molar-refractivity contribution in [1.29, 1.82) is 0 Å². The molecule has 60 valence electrons. The zero-order valence-corrected chi connectivity index (χ0v) is 5.48. The van der Waals surface area contributed by atoms with E-state index in [1.54, 1.807) is 0 Å². The van der Waals surface area contributed by atoms with E-state index >= 15 is 0 Å². The molecule has 0 aliphatic carbocycles. The van der Waals surface area contributed by atoms with E-state index in [2.05, 4.69) is 0 Å². The molecule has 0 aliphatic rings. The fourth-order valence-corrected chi connectivity index (χ4v) is 0.656. The van der Waals surface area contributed by atoms with Gasteiger partial charge in [0.15, 0.2) is 11.5 Å². The van der Waals surface area contributed by atoms with Crippen molar-refractivity contribution in [2.24, 2.45) is 0 Å². The number of carbonyl (C=O) groups is 1. The number of carboxylic acid groups (broad SMARTS) is 1. The van der Waals surface area contributed by atoms with Gasteiger partial charge in [-0.1, -0.05) is 0 Å². The first-order valence-electron chi connectivity index (χ1n) is 2.86. The van der Waals surface area contributed by atoms with E-state index in [-0.39, 0.29) is 40.9 Å². The Labute approximate surface area is 90.8 Å². The van der Waals surface area contributed by atoms with Gasteiger partial charge >= 0.3 is 35.5 Å². The summed E-state index contributed by atoms with van der Waals surface area (Å²) in [5.41, 5.74) is -0.0553. The van der Waals surface area contributed by atoms with Gasteiger partial charge in [-0.25, -0.2) is 4.79 Å². The molecule has 0 unspecified atom stereocenters. The van der Waals surface area contributed by atoms with Crippen LogP contribution >= 0.6 is 0 Å². The van der Waals surface area contributed by atoms with Crippen LogP contribution in [0.1, 0.15) is 10.4 Å². The molecule has 0 bridgehead atoms. The zero-order valence-electron chi connectivity index (χ0n) is 5.48. The predicted octanol–water partition coefficient (Wildman–Crippen LogP) is 0.147. The van der Waals surface area contributed by atoms with Crippen LogP contribution in [0.2, 0.25) is 0 Å². The molecule has 0 aliphatic heterocycles. The zero-order chi connectivity index (χ0) is 8.43. The van der Waals surface area contributed by atoms with Gasteiger partial charge in [0.25, 0.3) is 0 Å². The van der Waals surface area contributed by atoms with Crippen molar-refractivity contribution in [3.63, 3.8) is 0 Å². The van der Waals surface area contributed by atoms with Crippen LogP contribution in [-0.2, 0) is 0 Å². The number of hydrogen-bond acceptors (Lipinski definition) is 3. The number of phenols is 2. The Morgan fingerprint density at radius 1 is 1.17 bits per heavy atom. The summed E-state index contributed by atoms with van der Waals surface area (Å²) in [4.78, 5) is 10.3. The standard InChI is InChI=1S/C7H6O4.Na.H/c8-5-2-1-4(7(10)11)3-6(5)9;;/h1-3,8-9H,(H,10,11);;. The molecule has 1 rings (SSSR count). The quantitative estimate of drug-likeness (QED) is 0.422. The number of phenolic OH excluding ortho intramolecular Hbond substituents is 2. The van der Waals surface area contributed by atoms with Crippen LogP contribution in [-0.4, -0.2) is 50.8 Å². The van der Waals surface area contributed by atoms with Crippen molar-refractivity contribution in [2.75, 3.05) is 0 Å². The van der Waals surface area contributed by atoms with Crippen molar-refractivity contribution in [2.45, 2.75) is 0 Å². The van der Waals surface area contributed by atoms with E-state index in [1.165, 1.54) is 6.07 Å². The number of carboxylic acids is 1. The maximum atomic E-state index is 10.3. The molecule has 5 heteroatoms. The van der Waals surface area contributed by atoms with Crippen LogP contribution in [0.15, 0.2) is 18.2 Å². The van der Waals surface area contributed by atoms with Gasteiger partial charge in [-0.3, -0.25) is 0 Å². The van der Waals surface area contributed by atoms with Gasteiger partial charge in [-0.15, -0.1) is 0 Å². The molecule has 0 atom stereocenters. The molecule has 1 aromatic rings. The molecule has 0 fully saturated rings. The van der Waals surface area contributed by atoms with Crippen molar-refractivity contribution in [3.05, 3.63) is 23.8 Å². The molecule has 12 heavy (non-hydrogen) atoms. The van der Waals surface area contributed by atoms with Crippen molar-refractivity contribution in [3.8, 4) is 11.5 Å². The first kappa shape index (κ1) is 11.3. The van der Waals surface area contributed by atoms with Crippen LogP contribution in [0.3, 0.4) is 0 Å². The van der Waals surface area contributed by atoms with Crippen molar-refractivity contribution >= 4 is 35.5 Å². The number of rotatable bonds is 1.